The van der Waals surface area contributed by atoms with Gasteiger partial charge in [-0.25, -0.2) is 9.97 Å². The Bertz CT molecular complexity index is 3230. The van der Waals surface area contributed by atoms with Gasteiger partial charge < -0.3 is 0 Å². The Balaban J connectivity index is 1.17. The van der Waals surface area contributed by atoms with Crippen LogP contribution in [-0.4, -0.2) is 9.97 Å². The van der Waals surface area contributed by atoms with Crippen LogP contribution >= 0.6 is 0 Å². The molecule has 1 aliphatic carbocycles. The average Bonchev–Trinajstić information content (AvgIpc) is 3.53. The van der Waals surface area contributed by atoms with Gasteiger partial charge in [-0.3, -0.25) is 0 Å². The summed E-state index contributed by atoms with van der Waals surface area (Å²) in [6.07, 6.45) is 0. The Morgan fingerprint density at radius 3 is 1.64 bits per heavy atom. The topological polar surface area (TPSA) is 25.8 Å². The predicted molar refractivity (Wildman–Crippen MR) is 247 cm³/mol. The van der Waals surface area contributed by atoms with Crippen molar-refractivity contribution in [1.82, 2.24) is 9.97 Å². The van der Waals surface area contributed by atoms with Crippen molar-refractivity contribution >= 4 is 21.5 Å². The van der Waals surface area contributed by atoms with Gasteiger partial charge in [0.1, 0.15) is 0 Å². The number of fused-ring (bicyclic) bond motifs is 5. The zero-order chi connectivity index (χ0) is 39.5. The van der Waals surface area contributed by atoms with Crippen molar-refractivity contribution in [2.45, 2.75) is 19.3 Å². The molecule has 10 aromatic rings. The van der Waals surface area contributed by atoms with Gasteiger partial charge >= 0.3 is 0 Å². The van der Waals surface area contributed by atoms with Crippen LogP contribution in [0.4, 0.5) is 0 Å². The molecule has 0 aliphatic heterocycles. The van der Waals surface area contributed by atoms with E-state index in [2.05, 4.69) is 214 Å². The van der Waals surface area contributed by atoms with Crippen LogP contribution in [0.5, 0.6) is 0 Å². The highest BCUT2D eigenvalue weighted by molar-refractivity contribution is 6.00. The van der Waals surface area contributed by atoms with E-state index in [0.717, 1.165) is 55.9 Å². The summed E-state index contributed by atoms with van der Waals surface area (Å²) >= 11 is 0. The lowest BCUT2D eigenvalue weighted by Crippen LogP contribution is -2.14. The number of hydrogen-bond acceptors (Lipinski definition) is 2. The maximum atomic E-state index is 5.38. The minimum atomic E-state index is -0.151. The van der Waals surface area contributed by atoms with Gasteiger partial charge in [0.25, 0.3) is 0 Å². The molecule has 11 rings (SSSR count). The molecule has 9 aromatic carbocycles. The number of hydrogen-bond donors (Lipinski definition) is 0. The van der Waals surface area contributed by atoms with Crippen molar-refractivity contribution in [3.63, 3.8) is 0 Å². The Hall–Kier alpha value is -7.42. The van der Waals surface area contributed by atoms with Gasteiger partial charge in [0.15, 0.2) is 5.82 Å². The zero-order valence-corrected chi connectivity index (χ0v) is 33.0. The minimum Gasteiger partial charge on any atom is -0.228 e. The third-order valence-corrected chi connectivity index (χ3v) is 12.2. The quantitative estimate of drug-likeness (QED) is 0.169. The number of rotatable bonds is 6. The summed E-state index contributed by atoms with van der Waals surface area (Å²) in [6, 6.07) is 74.5. The second-order valence-electron chi connectivity index (χ2n) is 16.2. The van der Waals surface area contributed by atoms with E-state index in [4.69, 9.17) is 9.97 Å². The molecular formula is C57H40N2. The van der Waals surface area contributed by atoms with E-state index >= 15 is 0 Å². The Kier molecular flexibility index (Phi) is 8.20. The smallest absolute Gasteiger partial charge is 0.160 e. The molecule has 2 nitrogen and oxygen atoms in total. The average molecular weight is 753 g/mol. The van der Waals surface area contributed by atoms with E-state index < -0.39 is 0 Å². The van der Waals surface area contributed by atoms with Crippen molar-refractivity contribution in [2.75, 3.05) is 0 Å². The largest absolute Gasteiger partial charge is 0.228 e. The molecule has 0 bridgehead atoms. The molecule has 1 heterocycles. The van der Waals surface area contributed by atoms with Crippen molar-refractivity contribution in [3.05, 3.63) is 217 Å². The zero-order valence-electron chi connectivity index (χ0n) is 33.0. The summed E-state index contributed by atoms with van der Waals surface area (Å²) < 4.78 is 0. The maximum Gasteiger partial charge on any atom is 0.160 e. The van der Waals surface area contributed by atoms with E-state index in [-0.39, 0.29) is 5.41 Å². The van der Waals surface area contributed by atoms with Gasteiger partial charge in [-0.05, 0) is 120 Å². The van der Waals surface area contributed by atoms with Crippen molar-refractivity contribution in [1.29, 1.82) is 0 Å². The molecule has 0 saturated heterocycles. The third-order valence-electron chi connectivity index (χ3n) is 12.2. The number of benzene rings is 9. The van der Waals surface area contributed by atoms with Crippen LogP contribution in [0.3, 0.4) is 0 Å². The molecule has 2 heteroatoms. The lowest BCUT2D eigenvalue weighted by atomic mass is 9.81. The first-order valence-electron chi connectivity index (χ1n) is 20.4. The summed E-state index contributed by atoms with van der Waals surface area (Å²) in [4.78, 5) is 10.7. The molecule has 59 heavy (non-hydrogen) atoms. The number of aromatic nitrogens is 2. The molecule has 0 amide bonds. The summed E-state index contributed by atoms with van der Waals surface area (Å²) in [5, 5.41) is 4.97. The van der Waals surface area contributed by atoms with Crippen LogP contribution in [-0.2, 0) is 5.41 Å². The van der Waals surface area contributed by atoms with E-state index in [9.17, 15) is 0 Å². The molecule has 0 atom stereocenters. The van der Waals surface area contributed by atoms with E-state index in [1.807, 2.05) is 6.07 Å². The number of nitrogens with zero attached hydrogens (tertiary/aromatic N) is 2. The van der Waals surface area contributed by atoms with E-state index in [1.54, 1.807) is 0 Å². The minimum absolute atomic E-state index is 0.151. The van der Waals surface area contributed by atoms with Crippen molar-refractivity contribution < 1.29 is 0 Å². The Morgan fingerprint density at radius 1 is 0.305 bits per heavy atom. The van der Waals surface area contributed by atoms with Crippen LogP contribution in [0.25, 0.3) is 100.0 Å². The van der Waals surface area contributed by atoms with Crippen molar-refractivity contribution in [3.8, 4) is 78.4 Å². The van der Waals surface area contributed by atoms with Gasteiger partial charge in [-0.2, -0.15) is 0 Å². The first kappa shape index (κ1) is 34.8. The highest BCUT2D eigenvalue weighted by Crippen LogP contribution is 2.53. The predicted octanol–water partition coefficient (Wildman–Crippen LogP) is 15.1. The second kappa shape index (κ2) is 13.9. The monoisotopic (exact) mass is 752 g/mol. The van der Waals surface area contributed by atoms with Crippen LogP contribution in [0.2, 0.25) is 0 Å². The summed E-state index contributed by atoms with van der Waals surface area (Å²) in [7, 11) is 0. The molecule has 0 unspecified atom stereocenters. The summed E-state index contributed by atoms with van der Waals surface area (Å²) in [6.45, 7) is 4.74. The van der Waals surface area contributed by atoms with Crippen LogP contribution in [0.1, 0.15) is 25.0 Å². The van der Waals surface area contributed by atoms with Crippen LogP contribution in [0, 0.1) is 0 Å². The fourth-order valence-corrected chi connectivity index (χ4v) is 9.21. The van der Waals surface area contributed by atoms with Crippen LogP contribution in [0.15, 0.2) is 206 Å². The van der Waals surface area contributed by atoms with Gasteiger partial charge in [0.2, 0.25) is 0 Å². The van der Waals surface area contributed by atoms with E-state index in [0.29, 0.717) is 5.82 Å². The van der Waals surface area contributed by atoms with Gasteiger partial charge in [0, 0.05) is 22.1 Å². The van der Waals surface area contributed by atoms with E-state index in [1.165, 1.54) is 49.4 Å². The highest BCUT2D eigenvalue weighted by Gasteiger charge is 2.37. The summed E-state index contributed by atoms with van der Waals surface area (Å²) in [5.41, 5.74) is 17.0. The second-order valence-corrected chi connectivity index (χ2v) is 16.2. The molecule has 1 aromatic heterocycles. The molecule has 0 fully saturated rings. The fraction of sp³-hybridized carbons (Fsp3) is 0.0526. The molecule has 0 radical (unpaired) electrons. The fourth-order valence-electron chi connectivity index (χ4n) is 9.21. The Labute approximate surface area is 345 Å². The van der Waals surface area contributed by atoms with Crippen LogP contribution < -0.4 is 0 Å². The lowest BCUT2D eigenvalue weighted by Gasteiger charge is -2.22. The standard InChI is InChI=1S/C57H40N2/c1-57(2)51-27-15-26-48(55(51)50-34-41-22-11-12-23-42(41)35-52(50)57)45-31-44(43-29-28-37-16-9-10-21-40(37)30-43)32-46(33-45)53-36-54(59-56(58-53)39-19-7-4-8-20-39)49-25-14-13-24-47(49)38-17-5-3-6-18-38/h3-36H,1-2H3. The molecular weight excluding hydrogens is 713 g/mol. The third kappa shape index (κ3) is 6.04. The molecule has 0 spiro atoms. The lowest BCUT2D eigenvalue weighted by molar-refractivity contribution is 0.661. The van der Waals surface area contributed by atoms with Gasteiger partial charge in [-0.1, -0.05) is 178 Å². The van der Waals surface area contributed by atoms with Gasteiger partial charge in [0.05, 0.1) is 11.4 Å². The molecule has 0 N–H and O–H groups in total. The van der Waals surface area contributed by atoms with Crippen molar-refractivity contribution in [2.24, 2.45) is 0 Å². The highest BCUT2D eigenvalue weighted by atomic mass is 14.9. The summed E-state index contributed by atoms with van der Waals surface area (Å²) in [5.74, 6) is 0.696. The molecule has 0 saturated carbocycles. The molecule has 278 valence electrons. The first-order valence-corrected chi connectivity index (χ1v) is 20.4. The SMILES string of the molecule is CC1(C)c2cc3ccccc3cc2-c2c(-c3cc(-c4ccc5ccccc5c4)cc(-c4cc(-c5ccccc5-c5ccccc5)nc(-c5ccccc5)n4)c3)cccc21. The normalized spacial score (nSPS) is 12.7. The molecule has 1 aliphatic rings. The Morgan fingerprint density at radius 2 is 0.881 bits per heavy atom. The maximum absolute atomic E-state index is 5.38. The van der Waals surface area contributed by atoms with Gasteiger partial charge in [-0.15, -0.1) is 0 Å². The first-order chi connectivity index (χ1) is 29.0.